The number of hydrogen-bond acceptors (Lipinski definition) is 3. The molecule has 2 aromatic heterocycles. The molecule has 1 aliphatic rings. The topological polar surface area (TPSA) is 59.0 Å². The molecule has 0 saturated heterocycles. The summed E-state index contributed by atoms with van der Waals surface area (Å²) < 4.78 is 1.86. The largest absolute Gasteiger partial charge is 0.353 e. The zero-order valence-corrected chi connectivity index (χ0v) is 13.5. The zero-order valence-electron chi connectivity index (χ0n) is 12.8. The minimum atomic E-state index is -0.123. The van der Waals surface area contributed by atoms with E-state index in [1.807, 2.05) is 47.0 Å². The average Bonchev–Trinajstić information content (AvgIpc) is 2.90. The van der Waals surface area contributed by atoms with Gasteiger partial charge >= 0.3 is 0 Å². The summed E-state index contributed by atoms with van der Waals surface area (Å²) in [6.07, 6.45) is 3.43. The average molecular weight is 339 g/mol. The molecule has 0 unspecified atom stereocenters. The van der Waals surface area contributed by atoms with Gasteiger partial charge in [0.1, 0.15) is 10.8 Å². The van der Waals surface area contributed by atoms with Crippen molar-refractivity contribution < 1.29 is 4.79 Å². The summed E-state index contributed by atoms with van der Waals surface area (Å²) in [5.41, 5.74) is 3.91. The molecule has 0 spiro atoms. The number of benzene rings is 1. The molecule has 24 heavy (non-hydrogen) atoms. The fourth-order valence-electron chi connectivity index (χ4n) is 2.97. The number of nitrogens with one attached hydrogen (secondary N) is 2. The summed E-state index contributed by atoms with van der Waals surface area (Å²) in [6, 6.07) is 13.5. The third kappa shape index (κ3) is 2.43. The molecule has 0 aliphatic carbocycles. The molecule has 0 atom stereocenters. The van der Waals surface area contributed by atoms with Gasteiger partial charge in [-0.2, -0.15) is 0 Å². The number of nitrogens with zero attached hydrogens (tertiary/aromatic N) is 2. The van der Waals surface area contributed by atoms with Crippen LogP contribution < -0.4 is 10.6 Å². The Balaban J connectivity index is 1.94. The van der Waals surface area contributed by atoms with Crippen LogP contribution in [0.4, 0.5) is 11.4 Å². The van der Waals surface area contributed by atoms with Crippen LogP contribution in [0.3, 0.4) is 0 Å². The Bertz CT molecular complexity index is 890. The first-order valence-electron chi connectivity index (χ1n) is 7.68. The lowest BCUT2D eigenvalue weighted by Crippen LogP contribution is -2.35. The van der Waals surface area contributed by atoms with E-state index in [4.69, 9.17) is 11.6 Å². The first-order chi connectivity index (χ1) is 11.8. The molecule has 5 nitrogen and oxygen atoms in total. The van der Waals surface area contributed by atoms with E-state index in [0.717, 1.165) is 22.5 Å². The summed E-state index contributed by atoms with van der Waals surface area (Å²) in [6.45, 7) is 1.22. The van der Waals surface area contributed by atoms with Crippen LogP contribution in [0, 0.1) is 0 Å². The first-order valence-corrected chi connectivity index (χ1v) is 8.06. The molecule has 1 aromatic carbocycles. The van der Waals surface area contributed by atoms with Crippen LogP contribution in [0.5, 0.6) is 0 Å². The van der Waals surface area contributed by atoms with Crippen molar-refractivity contribution in [2.24, 2.45) is 0 Å². The summed E-state index contributed by atoms with van der Waals surface area (Å²) in [4.78, 5) is 16.5. The van der Waals surface area contributed by atoms with E-state index in [-0.39, 0.29) is 5.91 Å². The highest BCUT2D eigenvalue weighted by Crippen LogP contribution is 2.42. The monoisotopic (exact) mass is 338 g/mol. The number of aromatic nitrogens is 2. The Kier molecular flexibility index (Phi) is 3.70. The predicted octanol–water partition coefficient (Wildman–Crippen LogP) is 3.69. The maximum absolute atomic E-state index is 12.5. The molecular weight excluding hydrogens is 324 g/mol. The maximum atomic E-state index is 12.5. The van der Waals surface area contributed by atoms with Crippen molar-refractivity contribution in [2.45, 2.75) is 6.54 Å². The molecule has 0 saturated carbocycles. The number of hydrogen-bond donors (Lipinski definition) is 2. The number of anilines is 2. The second-order valence-electron chi connectivity index (χ2n) is 5.52. The van der Waals surface area contributed by atoms with Gasteiger partial charge in [0.2, 0.25) is 0 Å². The summed E-state index contributed by atoms with van der Waals surface area (Å²) in [5.74, 6) is -0.123. The minimum absolute atomic E-state index is 0.123. The number of carbonyl (C=O) groups is 1. The Morgan fingerprint density at radius 3 is 2.62 bits per heavy atom. The predicted molar refractivity (Wildman–Crippen MR) is 94.7 cm³/mol. The minimum Gasteiger partial charge on any atom is -0.353 e. The number of fused-ring (bicyclic) bond motifs is 1. The Morgan fingerprint density at radius 2 is 1.88 bits per heavy atom. The molecule has 0 bridgehead atoms. The number of para-hydroxylation sites is 1. The number of rotatable bonds is 3. The lowest BCUT2D eigenvalue weighted by Gasteiger charge is -2.18. The summed E-state index contributed by atoms with van der Waals surface area (Å²) in [7, 11) is 0. The quantitative estimate of drug-likeness (QED) is 0.765. The fraction of sp³-hybridized carbons (Fsp3) is 0.111. The number of halogens is 1. The van der Waals surface area contributed by atoms with Crippen molar-refractivity contribution in [3.8, 4) is 11.1 Å². The molecule has 4 rings (SSSR count). The van der Waals surface area contributed by atoms with Crippen LogP contribution in [0.15, 0.2) is 54.9 Å². The van der Waals surface area contributed by atoms with Gasteiger partial charge in [-0.25, -0.2) is 0 Å². The number of carbonyl (C=O) groups excluding carboxylic acids is 1. The van der Waals surface area contributed by atoms with E-state index >= 15 is 0 Å². The van der Waals surface area contributed by atoms with E-state index < -0.39 is 0 Å². The molecular formula is C18H15ClN4O. The van der Waals surface area contributed by atoms with E-state index in [9.17, 15) is 4.79 Å². The molecule has 120 valence electrons. The van der Waals surface area contributed by atoms with Gasteiger partial charge in [-0.3, -0.25) is 9.78 Å². The molecule has 1 amide bonds. The van der Waals surface area contributed by atoms with Gasteiger partial charge in [-0.1, -0.05) is 29.8 Å². The molecule has 0 radical (unpaired) electrons. The standard InChI is InChI=1S/C18H15ClN4O/c19-17-14(12-6-8-20-9-7-12)15(22-13-4-2-1-3-5-13)16-18(24)21-10-11-23(16)17/h1-9,22H,10-11H2,(H,21,24). The van der Waals surface area contributed by atoms with Gasteiger partial charge < -0.3 is 15.2 Å². The zero-order chi connectivity index (χ0) is 16.5. The summed E-state index contributed by atoms with van der Waals surface area (Å²) in [5, 5.41) is 6.81. The molecule has 2 N–H and O–H groups in total. The van der Waals surface area contributed by atoms with Crippen molar-refractivity contribution in [1.82, 2.24) is 14.9 Å². The van der Waals surface area contributed by atoms with Gasteiger partial charge in [-0.15, -0.1) is 0 Å². The third-order valence-electron chi connectivity index (χ3n) is 4.05. The van der Waals surface area contributed by atoms with Gasteiger partial charge in [0.05, 0.1) is 5.69 Å². The molecule has 6 heteroatoms. The summed E-state index contributed by atoms with van der Waals surface area (Å²) >= 11 is 6.64. The number of amides is 1. The maximum Gasteiger partial charge on any atom is 0.270 e. The van der Waals surface area contributed by atoms with Crippen molar-refractivity contribution in [2.75, 3.05) is 11.9 Å². The van der Waals surface area contributed by atoms with E-state index in [1.165, 1.54) is 0 Å². The van der Waals surface area contributed by atoms with Crippen molar-refractivity contribution in [3.63, 3.8) is 0 Å². The highest BCUT2D eigenvalue weighted by Gasteiger charge is 2.29. The molecule has 1 aliphatic heterocycles. The third-order valence-corrected chi connectivity index (χ3v) is 4.44. The smallest absolute Gasteiger partial charge is 0.270 e. The molecule has 3 aromatic rings. The lowest BCUT2D eigenvalue weighted by atomic mass is 10.1. The van der Waals surface area contributed by atoms with Crippen LogP contribution in [-0.4, -0.2) is 22.0 Å². The Hall–Kier alpha value is -2.79. The van der Waals surface area contributed by atoms with Gasteiger partial charge in [0, 0.05) is 36.7 Å². The van der Waals surface area contributed by atoms with Gasteiger partial charge in [0.25, 0.3) is 5.91 Å². The molecule has 3 heterocycles. The Labute approximate surface area is 144 Å². The van der Waals surface area contributed by atoms with E-state index in [0.29, 0.717) is 23.9 Å². The van der Waals surface area contributed by atoms with Crippen molar-refractivity contribution in [1.29, 1.82) is 0 Å². The first kappa shape index (κ1) is 14.8. The van der Waals surface area contributed by atoms with Gasteiger partial charge in [-0.05, 0) is 29.8 Å². The van der Waals surface area contributed by atoms with E-state index in [1.54, 1.807) is 12.4 Å². The Morgan fingerprint density at radius 1 is 1.12 bits per heavy atom. The van der Waals surface area contributed by atoms with E-state index in [2.05, 4.69) is 15.6 Å². The fourth-order valence-corrected chi connectivity index (χ4v) is 3.34. The molecule has 0 fully saturated rings. The van der Waals surface area contributed by atoms with Crippen LogP contribution in [0.25, 0.3) is 11.1 Å². The van der Waals surface area contributed by atoms with Crippen molar-refractivity contribution in [3.05, 3.63) is 65.7 Å². The SMILES string of the molecule is O=C1NCCn2c(Cl)c(-c3ccncc3)c(Nc3ccccc3)c21. The van der Waals surface area contributed by atoms with Crippen LogP contribution >= 0.6 is 11.6 Å². The normalized spacial score (nSPS) is 13.3. The van der Waals surface area contributed by atoms with Gasteiger partial charge in [0.15, 0.2) is 0 Å². The second kappa shape index (κ2) is 6.02. The van der Waals surface area contributed by atoms with Crippen LogP contribution in [-0.2, 0) is 6.54 Å². The number of pyridine rings is 1. The lowest BCUT2D eigenvalue weighted by molar-refractivity contribution is 0.0929. The van der Waals surface area contributed by atoms with Crippen molar-refractivity contribution >= 4 is 28.9 Å². The second-order valence-corrected chi connectivity index (χ2v) is 5.88. The van der Waals surface area contributed by atoms with Crippen LogP contribution in [0.2, 0.25) is 5.15 Å². The highest BCUT2D eigenvalue weighted by atomic mass is 35.5. The van der Waals surface area contributed by atoms with Crippen LogP contribution in [0.1, 0.15) is 10.5 Å². The highest BCUT2D eigenvalue weighted by molar-refractivity contribution is 6.34.